The Kier molecular flexibility index (Phi) is 6.15. The van der Waals surface area contributed by atoms with Gasteiger partial charge >= 0.3 is 0 Å². The SMILES string of the molecule is CCN(C)C(=O)C(C)NS(=O)(=O)c1ccc(CN)cc1Cl. The van der Waals surface area contributed by atoms with Gasteiger partial charge in [0.05, 0.1) is 11.1 Å². The number of carbonyl (C=O) groups is 1. The molecule has 0 heterocycles. The first-order chi connectivity index (χ1) is 9.72. The van der Waals surface area contributed by atoms with Crippen LogP contribution in [0, 0.1) is 0 Å². The predicted molar refractivity (Wildman–Crippen MR) is 82.4 cm³/mol. The van der Waals surface area contributed by atoms with Gasteiger partial charge in [-0.3, -0.25) is 4.79 Å². The lowest BCUT2D eigenvalue weighted by Gasteiger charge is -2.20. The highest BCUT2D eigenvalue weighted by Gasteiger charge is 2.25. The van der Waals surface area contributed by atoms with Gasteiger partial charge in [0.15, 0.2) is 0 Å². The molecule has 0 aromatic heterocycles. The van der Waals surface area contributed by atoms with E-state index >= 15 is 0 Å². The van der Waals surface area contributed by atoms with Crippen LogP contribution in [0.5, 0.6) is 0 Å². The number of amides is 1. The normalized spacial score (nSPS) is 13.0. The number of rotatable bonds is 6. The summed E-state index contributed by atoms with van der Waals surface area (Å²) >= 11 is 5.98. The maximum absolute atomic E-state index is 12.3. The van der Waals surface area contributed by atoms with Crippen molar-refractivity contribution in [1.82, 2.24) is 9.62 Å². The van der Waals surface area contributed by atoms with Crippen LogP contribution in [0.15, 0.2) is 23.1 Å². The molecule has 1 amide bonds. The molecule has 0 saturated carbocycles. The molecule has 1 rings (SSSR count). The van der Waals surface area contributed by atoms with E-state index in [4.69, 9.17) is 17.3 Å². The topological polar surface area (TPSA) is 92.5 Å². The molecule has 118 valence electrons. The Morgan fingerprint density at radius 2 is 2.10 bits per heavy atom. The molecule has 1 unspecified atom stereocenters. The van der Waals surface area contributed by atoms with Gasteiger partial charge in [-0.05, 0) is 31.5 Å². The molecule has 0 bridgehead atoms. The number of likely N-dealkylation sites (N-methyl/N-ethyl adjacent to an activating group) is 1. The lowest BCUT2D eigenvalue weighted by atomic mass is 10.2. The number of halogens is 1. The minimum absolute atomic E-state index is 0.0693. The van der Waals surface area contributed by atoms with E-state index in [2.05, 4.69) is 4.72 Å². The van der Waals surface area contributed by atoms with Crippen molar-refractivity contribution in [3.63, 3.8) is 0 Å². The molecule has 8 heteroatoms. The van der Waals surface area contributed by atoms with E-state index in [0.717, 1.165) is 5.56 Å². The fraction of sp³-hybridized carbons (Fsp3) is 0.462. The number of nitrogens with zero attached hydrogens (tertiary/aromatic N) is 1. The molecule has 0 radical (unpaired) electrons. The number of nitrogens with two attached hydrogens (primary N) is 1. The fourth-order valence-electron chi connectivity index (χ4n) is 1.72. The van der Waals surface area contributed by atoms with Crippen molar-refractivity contribution in [1.29, 1.82) is 0 Å². The Labute approximate surface area is 130 Å². The van der Waals surface area contributed by atoms with Gasteiger partial charge in [-0.2, -0.15) is 4.72 Å². The lowest BCUT2D eigenvalue weighted by Crippen LogP contribution is -2.45. The molecule has 0 spiro atoms. The van der Waals surface area contributed by atoms with Gasteiger partial charge in [-0.25, -0.2) is 8.42 Å². The summed E-state index contributed by atoms with van der Waals surface area (Å²) in [6.45, 7) is 4.07. The number of hydrogen-bond acceptors (Lipinski definition) is 4. The zero-order valence-corrected chi connectivity index (χ0v) is 13.8. The zero-order chi connectivity index (χ0) is 16.2. The van der Waals surface area contributed by atoms with E-state index < -0.39 is 16.1 Å². The van der Waals surface area contributed by atoms with Gasteiger partial charge in [-0.15, -0.1) is 0 Å². The van der Waals surface area contributed by atoms with Crippen LogP contribution in [0.1, 0.15) is 19.4 Å². The van der Waals surface area contributed by atoms with Crippen LogP contribution < -0.4 is 10.5 Å². The first-order valence-electron chi connectivity index (χ1n) is 6.48. The monoisotopic (exact) mass is 333 g/mol. The summed E-state index contributed by atoms with van der Waals surface area (Å²) in [6, 6.07) is 3.60. The van der Waals surface area contributed by atoms with Crippen LogP contribution in [0.2, 0.25) is 5.02 Å². The average molecular weight is 334 g/mol. The van der Waals surface area contributed by atoms with Crippen LogP contribution >= 0.6 is 11.6 Å². The van der Waals surface area contributed by atoms with Gasteiger partial charge < -0.3 is 10.6 Å². The highest BCUT2D eigenvalue weighted by atomic mass is 35.5. The lowest BCUT2D eigenvalue weighted by molar-refractivity contribution is -0.131. The van der Waals surface area contributed by atoms with Crippen LogP contribution in [0.25, 0.3) is 0 Å². The number of benzene rings is 1. The second kappa shape index (κ2) is 7.22. The van der Waals surface area contributed by atoms with Gasteiger partial charge in [0.25, 0.3) is 0 Å². The van der Waals surface area contributed by atoms with Crippen LogP contribution in [-0.4, -0.2) is 38.9 Å². The van der Waals surface area contributed by atoms with Crippen LogP contribution in [0.4, 0.5) is 0 Å². The first-order valence-corrected chi connectivity index (χ1v) is 8.34. The molecular formula is C13H20ClN3O3S. The van der Waals surface area contributed by atoms with Crippen LogP contribution in [0.3, 0.4) is 0 Å². The molecule has 21 heavy (non-hydrogen) atoms. The highest BCUT2D eigenvalue weighted by Crippen LogP contribution is 2.22. The minimum atomic E-state index is -3.87. The summed E-state index contributed by atoms with van der Waals surface area (Å²) in [5.74, 6) is -0.309. The Bertz CT molecular complexity index is 619. The second-order valence-electron chi connectivity index (χ2n) is 4.66. The maximum atomic E-state index is 12.3. The number of sulfonamides is 1. The Hall–Kier alpha value is -1.15. The molecule has 3 N–H and O–H groups in total. The summed E-state index contributed by atoms with van der Waals surface area (Å²) in [6.07, 6.45) is 0. The summed E-state index contributed by atoms with van der Waals surface area (Å²) in [5, 5.41) is 0.0777. The smallest absolute Gasteiger partial charge is 0.242 e. The molecule has 0 fully saturated rings. The Balaban J connectivity index is 2.99. The first kappa shape index (κ1) is 17.9. The third kappa shape index (κ3) is 4.41. The van der Waals surface area contributed by atoms with Crippen molar-refractivity contribution in [2.75, 3.05) is 13.6 Å². The van der Waals surface area contributed by atoms with Crippen molar-refractivity contribution >= 4 is 27.5 Å². The summed E-state index contributed by atoms with van der Waals surface area (Å²) in [5.41, 5.74) is 6.20. The van der Waals surface area contributed by atoms with E-state index in [1.165, 1.54) is 24.0 Å². The van der Waals surface area contributed by atoms with Crippen molar-refractivity contribution in [2.24, 2.45) is 5.73 Å². The minimum Gasteiger partial charge on any atom is -0.345 e. The highest BCUT2D eigenvalue weighted by molar-refractivity contribution is 7.89. The fourth-order valence-corrected chi connectivity index (χ4v) is 3.49. The van der Waals surface area contributed by atoms with Gasteiger partial charge in [0, 0.05) is 20.1 Å². The summed E-state index contributed by atoms with van der Waals surface area (Å²) in [7, 11) is -2.26. The van der Waals surface area contributed by atoms with Crippen molar-refractivity contribution in [3.05, 3.63) is 28.8 Å². The third-order valence-corrected chi connectivity index (χ3v) is 5.10. The molecule has 6 nitrogen and oxygen atoms in total. The molecule has 1 aromatic carbocycles. The van der Waals surface area contributed by atoms with E-state index in [0.29, 0.717) is 6.54 Å². The van der Waals surface area contributed by atoms with Crippen molar-refractivity contribution < 1.29 is 13.2 Å². The standard InChI is InChI=1S/C13H20ClN3O3S/c1-4-17(3)13(18)9(2)16-21(19,20)12-6-5-10(8-15)7-11(12)14/h5-7,9,16H,4,8,15H2,1-3H3. The van der Waals surface area contributed by atoms with Crippen molar-refractivity contribution in [2.45, 2.75) is 31.3 Å². The maximum Gasteiger partial charge on any atom is 0.242 e. The number of nitrogens with one attached hydrogen (secondary N) is 1. The molecule has 0 saturated heterocycles. The zero-order valence-electron chi connectivity index (χ0n) is 12.3. The molecule has 0 aliphatic heterocycles. The van der Waals surface area contributed by atoms with Gasteiger partial charge in [-0.1, -0.05) is 17.7 Å². The number of hydrogen-bond donors (Lipinski definition) is 2. The quantitative estimate of drug-likeness (QED) is 0.810. The second-order valence-corrected chi connectivity index (χ2v) is 6.75. The average Bonchev–Trinajstić information content (AvgIpc) is 2.44. The summed E-state index contributed by atoms with van der Waals surface area (Å²) in [4.78, 5) is 13.3. The Morgan fingerprint density at radius 1 is 1.48 bits per heavy atom. The van der Waals surface area contributed by atoms with Crippen LogP contribution in [-0.2, 0) is 21.4 Å². The predicted octanol–water partition coefficient (Wildman–Crippen LogP) is 0.944. The van der Waals surface area contributed by atoms with E-state index in [1.807, 2.05) is 6.92 Å². The Morgan fingerprint density at radius 3 is 2.57 bits per heavy atom. The molecule has 1 atom stereocenters. The molecule has 1 aromatic rings. The van der Waals surface area contributed by atoms with E-state index in [9.17, 15) is 13.2 Å². The molecule has 0 aliphatic rings. The van der Waals surface area contributed by atoms with E-state index in [1.54, 1.807) is 13.1 Å². The van der Waals surface area contributed by atoms with Crippen molar-refractivity contribution in [3.8, 4) is 0 Å². The third-order valence-electron chi connectivity index (χ3n) is 3.07. The summed E-state index contributed by atoms with van der Waals surface area (Å²) < 4.78 is 26.9. The van der Waals surface area contributed by atoms with E-state index in [-0.39, 0.29) is 22.4 Å². The van der Waals surface area contributed by atoms with Gasteiger partial charge in [0.1, 0.15) is 4.90 Å². The molecule has 0 aliphatic carbocycles. The molecular weight excluding hydrogens is 314 g/mol. The van der Waals surface area contributed by atoms with Gasteiger partial charge in [0.2, 0.25) is 15.9 Å². The number of carbonyl (C=O) groups excluding carboxylic acids is 1. The largest absolute Gasteiger partial charge is 0.345 e.